The number of hydrogen-bond acceptors (Lipinski definition) is 4. The summed E-state index contributed by atoms with van der Waals surface area (Å²) in [6.07, 6.45) is 2.64. The molecule has 0 aromatic heterocycles. The van der Waals surface area contributed by atoms with E-state index in [0.29, 0.717) is 0 Å². The normalized spacial score (nSPS) is 31.8. The van der Waals surface area contributed by atoms with Crippen molar-refractivity contribution in [2.24, 2.45) is 0 Å². The molecule has 0 spiro atoms. The minimum absolute atomic E-state index is 0.502. The Balaban J connectivity index is 1.84. The van der Waals surface area contributed by atoms with Crippen molar-refractivity contribution in [2.75, 3.05) is 38.6 Å². The summed E-state index contributed by atoms with van der Waals surface area (Å²) >= 11 is 1.63. The smallest absolute Gasteiger partial charge is 0.319 e. The van der Waals surface area contributed by atoms with Gasteiger partial charge in [-0.25, -0.2) is 0 Å². The zero-order valence-electron chi connectivity index (χ0n) is 9.48. The second-order valence-corrected chi connectivity index (χ2v) is 5.93. The van der Waals surface area contributed by atoms with Crippen LogP contribution in [0.1, 0.15) is 19.3 Å². The minimum atomic E-state index is -0.622. The Bertz CT molecular complexity index is 248. The average Bonchev–Trinajstić information content (AvgIpc) is 2.78. The molecule has 1 atom stereocenters. The van der Waals surface area contributed by atoms with Crippen LogP contribution in [-0.4, -0.2) is 59.3 Å². The SMILES string of the molecule is O=C(O)C1(CCN2CCOCC2)CCCS1. The molecule has 0 aliphatic carbocycles. The summed E-state index contributed by atoms with van der Waals surface area (Å²) in [4.78, 5) is 13.6. The molecule has 5 heteroatoms. The first kappa shape index (κ1) is 12.2. The fourth-order valence-electron chi connectivity index (χ4n) is 2.33. The molecule has 2 aliphatic rings. The summed E-state index contributed by atoms with van der Waals surface area (Å²) in [6, 6.07) is 0. The molecule has 2 fully saturated rings. The fraction of sp³-hybridized carbons (Fsp3) is 0.909. The molecule has 92 valence electrons. The van der Waals surface area contributed by atoms with Gasteiger partial charge in [0.05, 0.1) is 13.2 Å². The number of ether oxygens (including phenoxy) is 1. The third-order valence-electron chi connectivity index (χ3n) is 3.43. The first-order chi connectivity index (χ1) is 7.73. The van der Waals surface area contributed by atoms with Crippen LogP contribution in [0.25, 0.3) is 0 Å². The highest BCUT2D eigenvalue weighted by Crippen LogP contribution is 2.41. The van der Waals surface area contributed by atoms with Crippen molar-refractivity contribution in [1.82, 2.24) is 4.90 Å². The number of hydrogen-bond donors (Lipinski definition) is 1. The maximum Gasteiger partial charge on any atom is 0.319 e. The molecule has 16 heavy (non-hydrogen) atoms. The topological polar surface area (TPSA) is 49.8 Å². The molecule has 2 saturated heterocycles. The van der Waals surface area contributed by atoms with Gasteiger partial charge in [0.1, 0.15) is 4.75 Å². The van der Waals surface area contributed by atoms with E-state index in [1.807, 2.05) is 0 Å². The Labute approximate surface area is 100 Å². The van der Waals surface area contributed by atoms with Gasteiger partial charge in [0.2, 0.25) is 0 Å². The van der Waals surface area contributed by atoms with Crippen LogP contribution in [0.3, 0.4) is 0 Å². The fourth-order valence-corrected chi connectivity index (χ4v) is 3.66. The lowest BCUT2D eigenvalue weighted by molar-refractivity contribution is -0.140. The van der Waals surface area contributed by atoms with Gasteiger partial charge >= 0.3 is 5.97 Å². The number of morpholine rings is 1. The maximum absolute atomic E-state index is 11.3. The van der Waals surface area contributed by atoms with Crippen LogP contribution in [0.5, 0.6) is 0 Å². The standard InChI is InChI=1S/C11H19NO3S/c13-10(14)11(2-1-9-16-11)3-4-12-5-7-15-8-6-12/h1-9H2,(H,13,14). The summed E-state index contributed by atoms with van der Waals surface area (Å²) in [5.41, 5.74) is 0. The Morgan fingerprint density at radius 1 is 1.44 bits per heavy atom. The monoisotopic (exact) mass is 245 g/mol. The lowest BCUT2D eigenvalue weighted by atomic mass is 9.99. The van der Waals surface area contributed by atoms with Crippen LogP contribution in [0, 0.1) is 0 Å². The molecule has 1 unspecified atom stereocenters. The van der Waals surface area contributed by atoms with Crippen molar-refractivity contribution < 1.29 is 14.6 Å². The van der Waals surface area contributed by atoms with E-state index in [-0.39, 0.29) is 0 Å². The van der Waals surface area contributed by atoms with Crippen LogP contribution in [0.4, 0.5) is 0 Å². The molecule has 2 heterocycles. The second kappa shape index (κ2) is 5.38. The molecule has 0 saturated carbocycles. The van der Waals surface area contributed by atoms with Crippen LogP contribution in [-0.2, 0) is 9.53 Å². The second-order valence-electron chi connectivity index (χ2n) is 4.46. The van der Waals surface area contributed by atoms with Gasteiger partial charge in [0.25, 0.3) is 0 Å². The van der Waals surface area contributed by atoms with Crippen molar-refractivity contribution in [3.63, 3.8) is 0 Å². The molecular weight excluding hydrogens is 226 g/mol. The van der Waals surface area contributed by atoms with Crippen molar-refractivity contribution >= 4 is 17.7 Å². The molecule has 2 rings (SSSR count). The largest absolute Gasteiger partial charge is 0.480 e. The zero-order chi connectivity index (χ0) is 11.4. The van der Waals surface area contributed by atoms with Gasteiger partial charge in [-0.3, -0.25) is 9.69 Å². The van der Waals surface area contributed by atoms with Crippen LogP contribution < -0.4 is 0 Å². The van der Waals surface area contributed by atoms with Crippen molar-refractivity contribution in [3.8, 4) is 0 Å². The van der Waals surface area contributed by atoms with Gasteiger partial charge in [-0.1, -0.05) is 0 Å². The third kappa shape index (κ3) is 2.70. The molecule has 0 aromatic rings. The summed E-state index contributed by atoms with van der Waals surface area (Å²) in [5.74, 6) is 0.373. The van der Waals surface area contributed by atoms with Crippen molar-refractivity contribution in [3.05, 3.63) is 0 Å². The Kier molecular flexibility index (Phi) is 4.10. The van der Waals surface area contributed by atoms with Crippen LogP contribution >= 0.6 is 11.8 Å². The van der Waals surface area contributed by atoms with Crippen molar-refractivity contribution in [1.29, 1.82) is 0 Å². The summed E-state index contributed by atoms with van der Waals surface area (Å²) in [6.45, 7) is 4.35. The van der Waals surface area contributed by atoms with Gasteiger partial charge in [0, 0.05) is 19.6 Å². The molecule has 0 bridgehead atoms. The van der Waals surface area contributed by atoms with E-state index in [0.717, 1.165) is 57.9 Å². The van der Waals surface area contributed by atoms with E-state index >= 15 is 0 Å². The van der Waals surface area contributed by atoms with Gasteiger partial charge in [-0.15, -0.1) is 11.8 Å². The summed E-state index contributed by atoms with van der Waals surface area (Å²) in [5, 5.41) is 9.33. The van der Waals surface area contributed by atoms with E-state index in [1.165, 1.54) is 0 Å². The molecule has 2 aliphatic heterocycles. The predicted octanol–water partition coefficient (Wildman–Crippen LogP) is 1.06. The van der Waals surface area contributed by atoms with Gasteiger partial charge in [0.15, 0.2) is 0 Å². The lowest BCUT2D eigenvalue weighted by Crippen LogP contribution is -2.41. The number of thioether (sulfide) groups is 1. The first-order valence-electron chi connectivity index (χ1n) is 5.90. The van der Waals surface area contributed by atoms with Crippen LogP contribution in [0.15, 0.2) is 0 Å². The highest BCUT2D eigenvalue weighted by Gasteiger charge is 2.42. The zero-order valence-corrected chi connectivity index (χ0v) is 10.3. The number of aliphatic carboxylic acids is 1. The van der Waals surface area contributed by atoms with E-state index < -0.39 is 10.7 Å². The molecular formula is C11H19NO3S. The number of carbonyl (C=O) groups is 1. The molecule has 1 N–H and O–H groups in total. The minimum Gasteiger partial charge on any atom is -0.480 e. The molecule has 4 nitrogen and oxygen atoms in total. The Morgan fingerprint density at radius 2 is 2.19 bits per heavy atom. The number of nitrogens with zero attached hydrogens (tertiary/aromatic N) is 1. The number of carboxylic acids is 1. The Morgan fingerprint density at radius 3 is 2.75 bits per heavy atom. The quantitative estimate of drug-likeness (QED) is 0.802. The number of rotatable bonds is 4. The maximum atomic E-state index is 11.3. The van der Waals surface area contributed by atoms with E-state index in [2.05, 4.69) is 4.90 Å². The molecule has 0 radical (unpaired) electrons. The van der Waals surface area contributed by atoms with E-state index in [9.17, 15) is 9.90 Å². The first-order valence-corrected chi connectivity index (χ1v) is 6.89. The van der Waals surface area contributed by atoms with Gasteiger partial charge in [-0.2, -0.15) is 0 Å². The molecule has 0 aromatic carbocycles. The molecule has 0 amide bonds. The lowest BCUT2D eigenvalue weighted by Gasteiger charge is -2.30. The number of carboxylic acid groups (broad SMARTS) is 1. The van der Waals surface area contributed by atoms with Gasteiger partial charge < -0.3 is 9.84 Å². The van der Waals surface area contributed by atoms with E-state index in [4.69, 9.17) is 4.74 Å². The van der Waals surface area contributed by atoms with Gasteiger partial charge in [-0.05, 0) is 25.0 Å². The predicted molar refractivity (Wildman–Crippen MR) is 63.9 cm³/mol. The Hall–Kier alpha value is -0.260. The van der Waals surface area contributed by atoms with Crippen molar-refractivity contribution in [2.45, 2.75) is 24.0 Å². The summed E-state index contributed by atoms with van der Waals surface area (Å²) < 4.78 is 4.78. The average molecular weight is 245 g/mol. The van der Waals surface area contributed by atoms with Crippen LogP contribution in [0.2, 0.25) is 0 Å². The highest BCUT2D eigenvalue weighted by molar-refractivity contribution is 8.01. The third-order valence-corrected chi connectivity index (χ3v) is 5.06. The van der Waals surface area contributed by atoms with E-state index in [1.54, 1.807) is 11.8 Å². The highest BCUT2D eigenvalue weighted by atomic mass is 32.2. The summed E-state index contributed by atoms with van der Waals surface area (Å²) in [7, 11) is 0.